The Morgan fingerprint density at radius 2 is 1.63 bits per heavy atom. The molecule has 1 N–H and O–H groups in total. The van der Waals surface area contributed by atoms with E-state index < -0.39 is 0 Å². The van der Waals surface area contributed by atoms with E-state index in [1.165, 1.54) is 12.8 Å². The molecule has 0 aromatic rings. The van der Waals surface area contributed by atoms with Crippen LogP contribution in [-0.4, -0.2) is 23.8 Å². The van der Waals surface area contributed by atoms with Gasteiger partial charge in [-0.05, 0) is 116 Å². The summed E-state index contributed by atoms with van der Waals surface area (Å²) < 4.78 is 5.78. The highest BCUT2D eigenvalue weighted by Crippen LogP contribution is 2.75. The van der Waals surface area contributed by atoms with Gasteiger partial charge in [-0.15, -0.1) is 0 Å². The Labute approximate surface area is 214 Å². The van der Waals surface area contributed by atoms with E-state index >= 15 is 0 Å². The van der Waals surface area contributed by atoms with E-state index in [9.17, 15) is 9.90 Å². The van der Waals surface area contributed by atoms with Crippen LogP contribution in [0.1, 0.15) is 120 Å². The molecule has 8 atom stereocenters. The zero-order chi connectivity index (χ0) is 25.7. The quantitative estimate of drug-likeness (QED) is 0.322. The van der Waals surface area contributed by atoms with Crippen LogP contribution in [0.15, 0.2) is 11.6 Å². The number of hydrogen-bond acceptors (Lipinski definition) is 3. The predicted molar refractivity (Wildman–Crippen MR) is 142 cm³/mol. The van der Waals surface area contributed by atoms with Crippen LogP contribution in [0.5, 0.6) is 0 Å². The van der Waals surface area contributed by atoms with E-state index in [0.29, 0.717) is 24.4 Å². The van der Waals surface area contributed by atoms with E-state index in [1.54, 1.807) is 5.57 Å². The molecular weight excluding hydrogens is 432 g/mol. The van der Waals surface area contributed by atoms with Gasteiger partial charge in [-0.25, -0.2) is 0 Å². The van der Waals surface area contributed by atoms with Gasteiger partial charge in [-0.1, -0.05) is 60.1 Å². The van der Waals surface area contributed by atoms with Crippen LogP contribution in [-0.2, 0) is 9.53 Å². The summed E-state index contributed by atoms with van der Waals surface area (Å²) in [5.74, 6) is 1.64. The second-order valence-corrected chi connectivity index (χ2v) is 15.6. The molecule has 0 heterocycles. The van der Waals surface area contributed by atoms with Crippen molar-refractivity contribution in [1.82, 2.24) is 0 Å². The average molecular weight is 485 g/mol. The van der Waals surface area contributed by atoms with Gasteiger partial charge >= 0.3 is 5.97 Å². The fourth-order valence-corrected chi connectivity index (χ4v) is 11.1. The van der Waals surface area contributed by atoms with Crippen molar-refractivity contribution < 1.29 is 14.6 Å². The van der Waals surface area contributed by atoms with Gasteiger partial charge < -0.3 is 9.84 Å². The molecule has 0 spiro atoms. The molecule has 0 bridgehead atoms. The zero-order valence-electron chi connectivity index (χ0n) is 23.9. The smallest absolute Gasteiger partial charge is 0.312 e. The molecule has 0 aliphatic heterocycles. The summed E-state index contributed by atoms with van der Waals surface area (Å²) in [7, 11) is 0. The summed E-state index contributed by atoms with van der Waals surface area (Å²) in [5.41, 5.74) is 2.21. The molecular formula is C32H52O3. The van der Waals surface area contributed by atoms with Gasteiger partial charge in [0.05, 0.1) is 18.1 Å². The monoisotopic (exact) mass is 484 g/mol. The molecule has 5 rings (SSSR count). The van der Waals surface area contributed by atoms with Gasteiger partial charge in [-0.3, -0.25) is 4.79 Å². The number of carbonyl (C=O) groups excluding carboxylic acids is 1. The lowest BCUT2D eigenvalue weighted by Gasteiger charge is -2.71. The first-order valence-electron chi connectivity index (χ1n) is 14.7. The number of hydrogen-bond donors (Lipinski definition) is 1. The van der Waals surface area contributed by atoms with Crippen molar-refractivity contribution in [3.8, 4) is 0 Å². The summed E-state index contributed by atoms with van der Waals surface area (Å²) in [5, 5.41) is 11.0. The Morgan fingerprint density at radius 1 is 0.943 bits per heavy atom. The highest BCUT2D eigenvalue weighted by atomic mass is 16.5. The van der Waals surface area contributed by atoms with Crippen molar-refractivity contribution in [3.05, 3.63) is 11.6 Å². The van der Waals surface area contributed by atoms with Crippen molar-refractivity contribution in [2.24, 2.45) is 50.2 Å². The largest absolute Gasteiger partial charge is 0.466 e. The molecule has 0 saturated heterocycles. The molecule has 4 saturated carbocycles. The van der Waals surface area contributed by atoms with Crippen LogP contribution in [0.25, 0.3) is 0 Å². The summed E-state index contributed by atoms with van der Waals surface area (Å²) >= 11 is 0. The normalized spacial score (nSPS) is 50.0. The molecule has 3 nitrogen and oxygen atoms in total. The second kappa shape index (κ2) is 7.84. The number of allylic oxidation sites excluding steroid dienone is 2. The lowest BCUT2D eigenvalue weighted by molar-refractivity contribution is -0.202. The minimum atomic E-state index is -0.329. The number of aliphatic hydroxyl groups is 1. The molecule has 5 aliphatic rings. The van der Waals surface area contributed by atoms with E-state index in [2.05, 4.69) is 54.5 Å². The SMILES string of the molecule is CCOC(=O)C12CCC(C)(C)CC1C1=CCC3C4(C)CC(O)CC(C)(C)C4CCC3(C)C1(C)CC2. The van der Waals surface area contributed by atoms with Crippen LogP contribution in [0.3, 0.4) is 0 Å². The highest BCUT2D eigenvalue weighted by molar-refractivity contribution is 5.78. The van der Waals surface area contributed by atoms with Crippen molar-refractivity contribution in [2.75, 3.05) is 6.61 Å². The minimum Gasteiger partial charge on any atom is -0.466 e. The van der Waals surface area contributed by atoms with Crippen LogP contribution in [0, 0.1) is 50.2 Å². The van der Waals surface area contributed by atoms with Gasteiger partial charge in [0, 0.05) is 0 Å². The fraction of sp³-hybridized carbons (Fsp3) is 0.906. The summed E-state index contributed by atoms with van der Waals surface area (Å²) in [4.78, 5) is 13.6. The second-order valence-electron chi connectivity index (χ2n) is 15.6. The molecule has 0 aromatic carbocycles. The zero-order valence-corrected chi connectivity index (χ0v) is 23.9. The van der Waals surface area contributed by atoms with E-state index in [0.717, 1.165) is 51.4 Å². The molecule has 0 radical (unpaired) electrons. The maximum Gasteiger partial charge on any atom is 0.312 e. The third-order valence-electron chi connectivity index (χ3n) is 13.0. The first-order chi connectivity index (χ1) is 16.2. The molecule has 0 amide bonds. The van der Waals surface area contributed by atoms with Crippen molar-refractivity contribution in [3.63, 3.8) is 0 Å². The lowest BCUT2D eigenvalue weighted by Crippen LogP contribution is -2.64. The summed E-state index contributed by atoms with van der Waals surface area (Å²) in [6, 6.07) is 0. The van der Waals surface area contributed by atoms with Gasteiger partial charge in [0.1, 0.15) is 0 Å². The molecule has 0 aromatic heterocycles. The number of aliphatic hydroxyl groups excluding tert-OH is 1. The molecule has 5 aliphatic carbocycles. The predicted octanol–water partition coefficient (Wildman–Crippen LogP) is 7.71. The first kappa shape index (κ1) is 25.8. The number of carbonyl (C=O) groups is 1. The summed E-state index contributed by atoms with van der Waals surface area (Å²) in [6.07, 6.45) is 13.2. The van der Waals surface area contributed by atoms with E-state index in [4.69, 9.17) is 4.74 Å². The Hall–Kier alpha value is -0.830. The highest BCUT2D eigenvalue weighted by Gasteiger charge is 2.69. The number of rotatable bonds is 2. The Balaban J connectivity index is 1.60. The van der Waals surface area contributed by atoms with Crippen LogP contribution < -0.4 is 0 Å². The fourth-order valence-electron chi connectivity index (χ4n) is 11.1. The van der Waals surface area contributed by atoms with Gasteiger partial charge in [-0.2, -0.15) is 0 Å². The molecule has 8 unspecified atom stereocenters. The van der Waals surface area contributed by atoms with Crippen molar-refractivity contribution in [1.29, 1.82) is 0 Å². The standard InChI is InChI=1S/C32H52O3/c1-9-35-26(34)32-16-14-27(2,3)20-23(32)22-10-11-25-29(6)19-21(33)18-28(4,5)24(29)12-13-31(25,8)30(22,7)15-17-32/h10,21,23-25,33H,9,11-20H2,1-8H3. The van der Waals surface area contributed by atoms with Crippen LogP contribution >= 0.6 is 0 Å². The molecule has 3 heteroatoms. The third-order valence-corrected chi connectivity index (χ3v) is 13.0. The Morgan fingerprint density at radius 3 is 2.31 bits per heavy atom. The Bertz CT molecular complexity index is 916. The van der Waals surface area contributed by atoms with Gasteiger partial charge in [0.2, 0.25) is 0 Å². The molecule has 4 fully saturated rings. The minimum absolute atomic E-state index is 0.0727. The summed E-state index contributed by atoms with van der Waals surface area (Å²) in [6.45, 7) is 19.7. The maximum absolute atomic E-state index is 13.6. The van der Waals surface area contributed by atoms with Crippen LogP contribution in [0.2, 0.25) is 0 Å². The maximum atomic E-state index is 13.6. The number of ether oxygens (including phenoxy) is 1. The van der Waals surface area contributed by atoms with E-state index in [1.807, 2.05) is 6.92 Å². The van der Waals surface area contributed by atoms with Gasteiger partial charge in [0.15, 0.2) is 0 Å². The average Bonchev–Trinajstić information content (AvgIpc) is 2.72. The van der Waals surface area contributed by atoms with E-state index in [-0.39, 0.29) is 44.6 Å². The first-order valence-corrected chi connectivity index (χ1v) is 14.7. The molecule has 198 valence electrons. The lowest BCUT2D eigenvalue weighted by atomic mass is 9.33. The third kappa shape index (κ3) is 3.41. The molecule has 35 heavy (non-hydrogen) atoms. The number of esters is 1. The van der Waals surface area contributed by atoms with Crippen molar-refractivity contribution >= 4 is 5.97 Å². The topological polar surface area (TPSA) is 46.5 Å². The number of fused-ring (bicyclic) bond motifs is 7. The van der Waals surface area contributed by atoms with Crippen LogP contribution in [0.4, 0.5) is 0 Å². The van der Waals surface area contributed by atoms with Gasteiger partial charge in [0.25, 0.3) is 0 Å². The van der Waals surface area contributed by atoms with Crippen molar-refractivity contribution in [2.45, 2.75) is 126 Å². The Kier molecular flexibility index (Phi) is 5.78.